The zero-order valence-electron chi connectivity index (χ0n) is 7.48. The average Bonchev–Trinajstić information content (AvgIpc) is 2.59. The number of ether oxygens (including phenoxy) is 1. The van der Waals surface area contributed by atoms with Crippen molar-refractivity contribution in [3.05, 3.63) is 30.0 Å². The van der Waals surface area contributed by atoms with E-state index in [1.165, 1.54) is 6.07 Å². The lowest BCUT2D eigenvalue weighted by Gasteiger charge is -1.96. The number of carboxylic acid groups (broad SMARTS) is 1. The maximum atomic E-state index is 10.6. The fourth-order valence-electron chi connectivity index (χ4n) is 1.25. The fourth-order valence-corrected chi connectivity index (χ4v) is 1.25. The van der Waals surface area contributed by atoms with Crippen LogP contribution in [0.15, 0.2) is 28.7 Å². The van der Waals surface area contributed by atoms with Gasteiger partial charge in [-0.1, -0.05) is 0 Å². The molecule has 0 amide bonds. The maximum Gasteiger partial charge on any atom is 0.371 e. The van der Waals surface area contributed by atoms with Crippen molar-refractivity contribution >= 4 is 16.9 Å². The molecule has 0 aliphatic rings. The molecule has 14 heavy (non-hydrogen) atoms. The second-order valence-electron chi connectivity index (χ2n) is 2.82. The van der Waals surface area contributed by atoms with E-state index in [4.69, 9.17) is 14.3 Å². The Hall–Kier alpha value is -1.97. The zero-order chi connectivity index (χ0) is 10.1. The first-order valence-corrected chi connectivity index (χ1v) is 4.01. The molecule has 0 unspecified atom stereocenters. The van der Waals surface area contributed by atoms with Gasteiger partial charge in [0.25, 0.3) is 0 Å². The van der Waals surface area contributed by atoms with E-state index in [9.17, 15) is 4.79 Å². The van der Waals surface area contributed by atoms with Crippen LogP contribution >= 0.6 is 0 Å². The van der Waals surface area contributed by atoms with Gasteiger partial charge in [0.1, 0.15) is 11.3 Å². The molecule has 1 heterocycles. The lowest BCUT2D eigenvalue weighted by Crippen LogP contribution is -1.91. The van der Waals surface area contributed by atoms with Crippen molar-refractivity contribution in [3.63, 3.8) is 0 Å². The topological polar surface area (TPSA) is 59.7 Å². The van der Waals surface area contributed by atoms with Crippen LogP contribution in [-0.4, -0.2) is 18.2 Å². The summed E-state index contributed by atoms with van der Waals surface area (Å²) in [7, 11) is 1.55. The third kappa shape index (κ3) is 1.31. The van der Waals surface area contributed by atoms with E-state index in [1.54, 1.807) is 25.3 Å². The number of fused-ring (bicyclic) bond motifs is 1. The Morgan fingerprint density at radius 2 is 2.21 bits per heavy atom. The molecule has 2 aromatic rings. The summed E-state index contributed by atoms with van der Waals surface area (Å²) >= 11 is 0. The van der Waals surface area contributed by atoms with Crippen LogP contribution in [0.2, 0.25) is 0 Å². The molecule has 1 N–H and O–H groups in total. The van der Waals surface area contributed by atoms with Crippen LogP contribution in [0.5, 0.6) is 5.75 Å². The summed E-state index contributed by atoms with van der Waals surface area (Å²) in [5, 5.41) is 9.41. The molecule has 2 rings (SSSR count). The molecule has 4 heteroatoms. The van der Waals surface area contributed by atoms with Crippen molar-refractivity contribution in [2.75, 3.05) is 7.11 Å². The molecule has 0 atom stereocenters. The lowest BCUT2D eigenvalue weighted by molar-refractivity contribution is 0.0665. The van der Waals surface area contributed by atoms with Crippen molar-refractivity contribution in [1.29, 1.82) is 0 Å². The standard InChI is InChI=1S/C10H8O4/c1-13-7-2-3-8-6(4-7)5-9(14-8)10(11)12/h2-5H,1H3,(H,11,12). The molecule has 1 aromatic heterocycles. The SMILES string of the molecule is COc1ccc2oc(C(=O)O)cc2c1. The van der Waals surface area contributed by atoms with Crippen LogP contribution in [0.3, 0.4) is 0 Å². The Morgan fingerprint density at radius 1 is 1.43 bits per heavy atom. The minimum absolute atomic E-state index is 0.0618. The predicted octanol–water partition coefficient (Wildman–Crippen LogP) is 2.14. The van der Waals surface area contributed by atoms with E-state index in [-0.39, 0.29) is 5.76 Å². The van der Waals surface area contributed by atoms with Crippen LogP contribution in [0, 0.1) is 0 Å². The highest BCUT2D eigenvalue weighted by molar-refractivity contribution is 5.91. The average molecular weight is 192 g/mol. The third-order valence-electron chi connectivity index (χ3n) is 1.93. The van der Waals surface area contributed by atoms with Gasteiger partial charge >= 0.3 is 5.97 Å². The van der Waals surface area contributed by atoms with Crippen molar-refractivity contribution in [1.82, 2.24) is 0 Å². The number of rotatable bonds is 2. The minimum Gasteiger partial charge on any atom is -0.497 e. The number of hydrogen-bond acceptors (Lipinski definition) is 3. The van der Waals surface area contributed by atoms with E-state index < -0.39 is 5.97 Å². The molecular weight excluding hydrogens is 184 g/mol. The molecule has 0 saturated carbocycles. The van der Waals surface area contributed by atoms with Crippen LogP contribution in [0.4, 0.5) is 0 Å². The number of furan rings is 1. The van der Waals surface area contributed by atoms with Gasteiger partial charge < -0.3 is 14.3 Å². The molecule has 0 bridgehead atoms. The molecule has 0 aliphatic heterocycles. The largest absolute Gasteiger partial charge is 0.497 e. The second-order valence-corrected chi connectivity index (χ2v) is 2.82. The molecule has 0 spiro atoms. The number of methoxy groups -OCH3 is 1. The van der Waals surface area contributed by atoms with E-state index >= 15 is 0 Å². The normalized spacial score (nSPS) is 10.4. The van der Waals surface area contributed by atoms with Crippen LogP contribution in [-0.2, 0) is 0 Å². The first kappa shape index (κ1) is 8.62. The van der Waals surface area contributed by atoms with Crippen LogP contribution < -0.4 is 4.74 Å². The summed E-state index contributed by atoms with van der Waals surface area (Å²) in [6.45, 7) is 0. The Labute approximate surface area is 79.7 Å². The van der Waals surface area contributed by atoms with Crippen molar-refractivity contribution in [3.8, 4) is 5.75 Å². The van der Waals surface area contributed by atoms with Gasteiger partial charge in [0.2, 0.25) is 5.76 Å². The van der Waals surface area contributed by atoms with E-state index in [2.05, 4.69) is 0 Å². The Kier molecular flexibility index (Phi) is 1.89. The highest BCUT2D eigenvalue weighted by Crippen LogP contribution is 2.23. The van der Waals surface area contributed by atoms with Gasteiger partial charge in [0, 0.05) is 5.39 Å². The van der Waals surface area contributed by atoms with E-state index in [0.717, 1.165) is 5.39 Å². The quantitative estimate of drug-likeness (QED) is 0.791. The highest BCUT2D eigenvalue weighted by atomic mass is 16.5. The number of carbonyl (C=O) groups is 1. The first-order chi connectivity index (χ1) is 6.70. The lowest BCUT2D eigenvalue weighted by atomic mass is 10.2. The summed E-state index contributed by atoms with van der Waals surface area (Å²) < 4.78 is 10.1. The molecule has 0 radical (unpaired) electrons. The van der Waals surface area contributed by atoms with Gasteiger partial charge in [-0.15, -0.1) is 0 Å². The van der Waals surface area contributed by atoms with Gasteiger partial charge in [-0.25, -0.2) is 4.79 Å². The number of hydrogen-bond donors (Lipinski definition) is 1. The molecule has 1 aromatic carbocycles. The summed E-state index contributed by atoms with van der Waals surface area (Å²) in [4.78, 5) is 10.6. The second kappa shape index (κ2) is 3.06. The maximum absolute atomic E-state index is 10.6. The molecule has 0 saturated heterocycles. The van der Waals surface area contributed by atoms with Crippen molar-refractivity contribution < 1.29 is 19.1 Å². The molecule has 72 valence electrons. The number of aromatic carboxylic acids is 1. The Bertz CT molecular complexity index is 484. The Morgan fingerprint density at radius 3 is 2.86 bits per heavy atom. The Balaban J connectivity index is 2.60. The van der Waals surface area contributed by atoms with E-state index in [0.29, 0.717) is 11.3 Å². The smallest absolute Gasteiger partial charge is 0.371 e. The van der Waals surface area contributed by atoms with Crippen LogP contribution in [0.1, 0.15) is 10.6 Å². The number of benzene rings is 1. The fraction of sp³-hybridized carbons (Fsp3) is 0.100. The van der Waals surface area contributed by atoms with Gasteiger partial charge in [-0.2, -0.15) is 0 Å². The summed E-state index contributed by atoms with van der Waals surface area (Å²) in [6.07, 6.45) is 0. The molecular formula is C10H8O4. The molecule has 0 aliphatic carbocycles. The zero-order valence-corrected chi connectivity index (χ0v) is 7.48. The third-order valence-corrected chi connectivity index (χ3v) is 1.93. The minimum atomic E-state index is -1.07. The van der Waals surface area contributed by atoms with Gasteiger partial charge in [0.15, 0.2) is 0 Å². The first-order valence-electron chi connectivity index (χ1n) is 4.01. The van der Waals surface area contributed by atoms with Crippen LogP contribution in [0.25, 0.3) is 11.0 Å². The highest BCUT2D eigenvalue weighted by Gasteiger charge is 2.10. The monoisotopic (exact) mass is 192 g/mol. The van der Waals surface area contributed by atoms with Gasteiger partial charge in [0.05, 0.1) is 7.11 Å². The summed E-state index contributed by atoms with van der Waals surface area (Å²) in [6, 6.07) is 6.60. The van der Waals surface area contributed by atoms with Gasteiger partial charge in [-0.3, -0.25) is 0 Å². The number of carboxylic acids is 1. The molecule has 0 fully saturated rings. The van der Waals surface area contributed by atoms with E-state index in [1.807, 2.05) is 0 Å². The van der Waals surface area contributed by atoms with Gasteiger partial charge in [-0.05, 0) is 24.3 Å². The molecule has 4 nitrogen and oxygen atoms in total. The summed E-state index contributed by atoms with van der Waals surface area (Å²) in [5.41, 5.74) is 0.545. The van der Waals surface area contributed by atoms with Crippen molar-refractivity contribution in [2.45, 2.75) is 0 Å². The predicted molar refractivity (Wildman–Crippen MR) is 49.7 cm³/mol. The van der Waals surface area contributed by atoms with Crippen molar-refractivity contribution in [2.24, 2.45) is 0 Å². The summed E-state index contributed by atoms with van der Waals surface area (Å²) in [5.74, 6) is -0.455.